The summed E-state index contributed by atoms with van der Waals surface area (Å²) >= 11 is 0. The average Bonchev–Trinajstić information content (AvgIpc) is 2.38. The van der Waals surface area contributed by atoms with Crippen LogP contribution in [0.3, 0.4) is 0 Å². The van der Waals surface area contributed by atoms with Gasteiger partial charge in [-0.2, -0.15) is 4.98 Å². The third kappa shape index (κ3) is 2.28. The molecule has 0 saturated heterocycles. The van der Waals surface area contributed by atoms with E-state index in [1.54, 1.807) is 0 Å². The third-order valence-corrected chi connectivity index (χ3v) is 1.19. The minimum Gasteiger partial charge on any atom is -0.339 e. The summed E-state index contributed by atoms with van der Waals surface area (Å²) in [5.41, 5.74) is 0. The van der Waals surface area contributed by atoms with E-state index in [4.69, 9.17) is 10.4 Å². The van der Waals surface area contributed by atoms with Crippen molar-refractivity contribution in [2.24, 2.45) is 5.90 Å². The summed E-state index contributed by atoms with van der Waals surface area (Å²) in [5, 5.41) is 3.63. The van der Waals surface area contributed by atoms with Crippen LogP contribution in [-0.4, -0.2) is 10.1 Å². The molecule has 2 N–H and O–H groups in total. The lowest BCUT2D eigenvalue weighted by molar-refractivity contribution is 0.116. The van der Waals surface area contributed by atoms with Crippen LogP contribution in [0.25, 0.3) is 0 Å². The summed E-state index contributed by atoms with van der Waals surface area (Å²) in [7, 11) is 0. The molecule has 5 nitrogen and oxygen atoms in total. The molecule has 0 spiro atoms. The largest absolute Gasteiger partial charge is 0.339 e. The Morgan fingerprint density at radius 3 is 3.09 bits per heavy atom. The first-order valence-electron chi connectivity index (χ1n) is 3.50. The number of hydrogen-bond acceptors (Lipinski definition) is 5. The van der Waals surface area contributed by atoms with Crippen LogP contribution in [0.2, 0.25) is 0 Å². The van der Waals surface area contributed by atoms with Crippen LogP contribution >= 0.6 is 0 Å². The van der Waals surface area contributed by atoms with Crippen molar-refractivity contribution >= 4 is 0 Å². The molecule has 1 rings (SSSR count). The fraction of sp³-hybridized carbons (Fsp3) is 0.667. The first kappa shape index (κ1) is 8.16. The Hall–Kier alpha value is -0.940. The minimum absolute atomic E-state index is 0.202. The summed E-state index contributed by atoms with van der Waals surface area (Å²) < 4.78 is 4.86. The summed E-state index contributed by atoms with van der Waals surface area (Å²) in [6.07, 6.45) is 1.79. The van der Waals surface area contributed by atoms with Gasteiger partial charge in [0, 0.05) is 6.42 Å². The predicted octanol–water partition coefficient (Wildman–Crippen LogP) is 0.412. The van der Waals surface area contributed by atoms with Crippen LogP contribution in [0.1, 0.15) is 25.1 Å². The van der Waals surface area contributed by atoms with Gasteiger partial charge in [0.15, 0.2) is 5.82 Å². The van der Waals surface area contributed by atoms with E-state index in [1.165, 1.54) is 0 Å². The Balaban J connectivity index is 2.51. The van der Waals surface area contributed by atoms with Crippen molar-refractivity contribution in [3.63, 3.8) is 0 Å². The molecule has 5 heteroatoms. The highest BCUT2D eigenvalue weighted by molar-refractivity contribution is 4.83. The highest BCUT2D eigenvalue weighted by Crippen LogP contribution is 2.00. The second kappa shape index (κ2) is 4.05. The zero-order valence-electron chi connectivity index (χ0n) is 6.41. The van der Waals surface area contributed by atoms with Gasteiger partial charge >= 0.3 is 0 Å². The van der Waals surface area contributed by atoms with Gasteiger partial charge in [-0.3, -0.25) is 4.84 Å². The van der Waals surface area contributed by atoms with Crippen LogP contribution in [0.5, 0.6) is 0 Å². The molecule has 0 atom stereocenters. The lowest BCUT2D eigenvalue weighted by Gasteiger charge is -1.86. The fourth-order valence-corrected chi connectivity index (χ4v) is 0.739. The lowest BCUT2D eigenvalue weighted by atomic mass is 10.3. The second-order valence-corrected chi connectivity index (χ2v) is 2.17. The fourth-order valence-electron chi connectivity index (χ4n) is 0.739. The highest BCUT2D eigenvalue weighted by atomic mass is 16.6. The summed E-state index contributed by atoms with van der Waals surface area (Å²) in [6.45, 7) is 2.25. The molecule has 0 aromatic carbocycles. The SMILES string of the molecule is CCCc1nc(CON)no1. The normalized spacial score (nSPS) is 10.4. The van der Waals surface area contributed by atoms with E-state index in [0.29, 0.717) is 11.7 Å². The lowest BCUT2D eigenvalue weighted by Crippen LogP contribution is -2.00. The summed E-state index contributed by atoms with van der Waals surface area (Å²) in [5.74, 6) is 5.96. The Morgan fingerprint density at radius 1 is 1.64 bits per heavy atom. The topological polar surface area (TPSA) is 74.2 Å². The molecule has 1 aromatic heterocycles. The van der Waals surface area contributed by atoms with Crippen molar-refractivity contribution in [1.29, 1.82) is 0 Å². The van der Waals surface area contributed by atoms with E-state index in [0.717, 1.165) is 12.8 Å². The Bertz CT molecular complexity index is 191. The van der Waals surface area contributed by atoms with Crippen molar-refractivity contribution in [3.05, 3.63) is 11.7 Å². The van der Waals surface area contributed by atoms with Gasteiger partial charge in [0.2, 0.25) is 5.89 Å². The molecular weight excluding hydrogens is 146 g/mol. The van der Waals surface area contributed by atoms with Gasteiger partial charge in [0.1, 0.15) is 6.61 Å². The summed E-state index contributed by atoms with van der Waals surface area (Å²) in [4.78, 5) is 8.34. The van der Waals surface area contributed by atoms with Gasteiger partial charge in [-0.15, -0.1) is 0 Å². The van der Waals surface area contributed by atoms with Gasteiger partial charge < -0.3 is 4.52 Å². The van der Waals surface area contributed by atoms with Gasteiger partial charge in [0.05, 0.1) is 0 Å². The number of rotatable bonds is 4. The number of hydrogen-bond donors (Lipinski definition) is 1. The van der Waals surface area contributed by atoms with Crippen LogP contribution in [0, 0.1) is 0 Å². The maximum atomic E-state index is 4.86. The van der Waals surface area contributed by atoms with E-state index in [1.807, 2.05) is 6.92 Å². The van der Waals surface area contributed by atoms with Crippen LogP contribution in [0.4, 0.5) is 0 Å². The van der Waals surface area contributed by atoms with Gasteiger partial charge in [-0.1, -0.05) is 12.1 Å². The molecule has 0 aliphatic rings. The predicted molar refractivity (Wildman–Crippen MR) is 37.3 cm³/mol. The third-order valence-electron chi connectivity index (χ3n) is 1.19. The molecule has 0 bridgehead atoms. The monoisotopic (exact) mass is 157 g/mol. The van der Waals surface area contributed by atoms with E-state index in [-0.39, 0.29) is 6.61 Å². The molecule has 11 heavy (non-hydrogen) atoms. The summed E-state index contributed by atoms with van der Waals surface area (Å²) in [6, 6.07) is 0. The average molecular weight is 157 g/mol. The molecule has 0 fully saturated rings. The van der Waals surface area contributed by atoms with E-state index in [2.05, 4.69) is 15.0 Å². The standard InChI is InChI=1S/C6H11N3O2/c1-2-3-6-8-5(4-10-7)9-11-6/h2-4,7H2,1H3. The Morgan fingerprint density at radius 2 is 2.45 bits per heavy atom. The van der Waals surface area contributed by atoms with Crippen LogP contribution in [-0.2, 0) is 17.9 Å². The number of aryl methyl sites for hydroxylation is 1. The number of nitrogens with two attached hydrogens (primary N) is 1. The highest BCUT2D eigenvalue weighted by Gasteiger charge is 2.03. The smallest absolute Gasteiger partial charge is 0.226 e. The van der Waals surface area contributed by atoms with Gasteiger partial charge in [-0.05, 0) is 6.42 Å². The number of nitrogens with zero attached hydrogens (tertiary/aromatic N) is 2. The zero-order valence-corrected chi connectivity index (χ0v) is 6.41. The molecule has 62 valence electrons. The van der Waals surface area contributed by atoms with Crippen molar-refractivity contribution in [2.45, 2.75) is 26.4 Å². The molecule has 0 saturated carbocycles. The molecule has 0 unspecified atom stereocenters. The van der Waals surface area contributed by atoms with Gasteiger partial charge in [-0.25, -0.2) is 5.90 Å². The van der Waals surface area contributed by atoms with Crippen molar-refractivity contribution in [3.8, 4) is 0 Å². The molecule has 1 aromatic rings. The molecule has 1 heterocycles. The Labute approximate surface area is 64.5 Å². The van der Waals surface area contributed by atoms with Crippen molar-refractivity contribution in [2.75, 3.05) is 0 Å². The van der Waals surface area contributed by atoms with E-state index in [9.17, 15) is 0 Å². The molecule has 0 radical (unpaired) electrons. The van der Waals surface area contributed by atoms with Crippen LogP contribution in [0.15, 0.2) is 4.52 Å². The first-order valence-corrected chi connectivity index (χ1v) is 3.50. The Kier molecular flexibility index (Phi) is 3.00. The first-order chi connectivity index (χ1) is 5.36. The van der Waals surface area contributed by atoms with E-state index >= 15 is 0 Å². The van der Waals surface area contributed by atoms with E-state index < -0.39 is 0 Å². The van der Waals surface area contributed by atoms with Gasteiger partial charge in [0.25, 0.3) is 0 Å². The number of aromatic nitrogens is 2. The quantitative estimate of drug-likeness (QED) is 0.641. The van der Waals surface area contributed by atoms with Crippen molar-refractivity contribution in [1.82, 2.24) is 10.1 Å². The zero-order chi connectivity index (χ0) is 8.10. The molecule has 0 aliphatic carbocycles. The molecular formula is C6H11N3O2. The van der Waals surface area contributed by atoms with Crippen molar-refractivity contribution < 1.29 is 9.36 Å². The maximum Gasteiger partial charge on any atom is 0.226 e. The maximum absolute atomic E-state index is 4.86. The second-order valence-electron chi connectivity index (χ2n) is 2.17. The van der Waals surface area contributed by atoms with Crippen LogP contribution < -0.4 is 5.90 Å². The minimum atomic E-state index is 0.202. The molecule has 0 amide bonds. The molecule has 0 aliphatic heterocycles.